The van der Waals surface area contributed by atoms with Gasteiger partial charge in [0, 0.05) is 38.4 Å². The minimum atomic E-state index is -0.156. The van der Waals surface area contributed by atoms with E-state index in [4.69, 9.17) is 0 Å². The molecule has 3 rings (SSSR count). The molecule has 1 aliphatic rings. The van der Waals surface area contributed by atoms with E-state index in [0.29, 0.717) is 17.7 Å². The fraction of sp³-hybridized carbons (Fsp3) is 0.389. The molecule has 2 aromatic rings. The van der Waals surface area contributed by atoms with Crippen molar-refractivity contribution >= 4 is 11.8 Å². The van der Waals surface area contributed by atoms with Gasteiger partial charge in [0.1, 0.15) is 0 Å². The number of piperidine rings is 1. The smallest absolute Gasteiger partial charge is 0.254 e. The normalized spacial score (nSPS) is 14.5. The van der Waals surface area contributed by atoms with E-state index in [1.54, 1.807) is 17.9 Å². The number of nitrogens with zero attached hydrogens (tertiary/aromatic N) is 3. The molecule has 0 unspecified atom stereocenters. The molecule has 0 spiro atoms. The maximum Gasteiger partial charge on any atom is 0.254 e. The summed E-state index contributed by atoms with van der Waals surface area (Å²) in [5, 5.41) is 6.83. The van der Waals surface area contributed by atoms with Gasteiger partial charge in [-0.05, 0) is 37.0 Å². The van der Waals surface area contributed by atoms with Gasteiger partial charge in [0.15, 0.2) is 0 Å². The number of aromatic nitrogens is 2. The van der Waals surface area contributed by atoms with Gasteiger partial charge in [-0.25, -0.2) is 0 Å². The second kappa shape index (κ2) is 7.29. The molecule has 1 aromatic carbocycles. The molecule has 2 amide bonds. The van der Waals surface area contributed by atoms with Crippen molar-refractivity contribution in [3.05, 3.63) is 53.3 Å². The number of nitrogens with one attached hydrogen (secondary N) is 1. The number of aryl methyl sites for hydroxylation is 1. The quantitative estimate of drug-likeness (QED) is 0.934. The Morgan fingerprint density at radius 2 is 1.79 bits per heavy atom. The third-order valence-electron chi connectivity index (χ3n) is 4.26. The van der Waals surface area contributed by atoms with Gasteiger partial charge in [-0.1, -0.05) is 12.1 Å². The van der Waals surface area contributed by atoms with Gasteiger partial charge in [-0.3, -0.25) is 14.3 Å². The first-order chi connectivity index (χ1) is 11.6. The van der Waals surface area contributed by atoms with Crippen molar-refractivity contribution in [1.29, 1.82) is 0 Å². The largest absolute Gasteiger partial charge is 0.348 e. The lowest BCUT2D eigenvalue weighted by atomic mass is 10.1. The molecular weight excluding hydrogens is 304 g/mol. The molecule has 0 atom stereocenters. The van der Waals surface area contributed by atoms with Crippen molar-refractivity contribution in [2.24, 2.45) is 7.05 Å². The highest BCUT2D eigenvalue weighted by Gasteiger charge is 2.17. The van der Waals surface area contributed by atoms with Gasteiger partial charge < -0.3 is 10.2 Å². The molecule has 1 fully saturated rings. The van der Waals surface area contributed by atoms with Crippen LogP contribution in [0.3, 0.4) is 0 Å². The van der Waals surface area contributed by atoms with Gasteiger partial charge in [0.25, 0.3) is 11.8 Å². The van der Waals surface area contributed by atoms with E-state index in [0.717, 1.165) is 31.5 Å². The molecule has 6 nitrogen and oxygen atoms in total. The summed E-state index contributed by atoms with van der Waals surface area (Å²) >= 11 is 0. The minimum Gasteiger partial charge on any atom is -0.348 e. The lowest BCUT2D eigenvalue weighted by Gasteiger charge is -2.26. The van der Waals surface area contributed by atoms with Crippen molar-refractivity contribution in [3.63, 3.8) is 0 Å². The van der Waals surface area contributed by atoms with E-state index >= 15 is 0 Å². The Bertz CT molecular complexity index is 715. The lowest BCUT2D eigenvalue weighted by Crippen LogP contribution is -2.35. The average Bonchev–Trinajstić information content (AvgIpc) is 3.07. The van der Waals surface area contributed by atoms with Crippen LogP contribution in [0, 0.1) is 0 Å². The van der Waals surface area contributed by atoms with E-state index in [1.165, 1.54) is 12.6 Å². The average molecular weight is 326 g/mol. The summed E-state index contributed by atoms with van der Waals surface area (Å²) in [6, 6.07) is 7.45. The van der Waals surface area contributed by atoms with Crippen LogP contribution in [0.2, 0.25) is 0 Å². The highest BCUT2D eigenvalue weighted by atomic mass is 16.2. The van der Waals surface area contributed by atoms with E-state index < -0.39 is 0 Å². The molecule has 1 aromatic heterocycles. The fourth-order valence-electron chi connectivity index (χ4n) is 2.87. The Balaban J connectivity index is 1.56. The van der Waals surface area contributed by atoms with Gasteiger partial charge >= 0.3 is 0 Å². The molecular formula is C18H22N4O2. The Labute approximate surface area is 141 Å². The SMILES string of the molecule is Cn1cc(C(=O)NCc2ccc(C(=O)N3CCCCC3)cc2)cn1. The van der Waals surface area contributed by atoms with Gasteiger partial charge in [0.2, 0.25) is 0 Å². The van der Waals surface area contributed by atoms with Crippen LogP contribution in [0.5, 0.6) is 0 Å². The van der Waals surface area contributed by atoms with Crippen molar-refractivity contribution in [3.8, 4) is 0 Å². The summed E-state index contributed by atoms with van der Waals surface area (Å²) in [4.78, 5) is 26.3. The first-order valence-electron chi connectivity index (χ1n) is 8.28. The standard InChI is InChI=1S/C18H22N4O2/c1-21-13-16(12-20-21)17(23)19-11-14-5-7-15(8-6-14)18(24)22-9-3-2-4-10-22/h5-8,12-13H,2-4,9-11H2,1H3,(H,19,23). The maximum absolute atomic E-state index is 12.4. The number of amides is 2. The third-order valence-corrected chi connectivity index (χ3v) is 4.26. The van der Waals surface area contributed by atoms with E-state index in [-0.39, 0.29) is 11.8 Å². The monoisotopic (exact) mass is 326 g/mol. The molecule has 0 saturated carbocycles. The molecule has 126 valence electrons. The van der Waals surface area contributed by atoms with Crippen LogP contribution in [0.4, 0.5) is 0 Å². The molecule has 1 aliphatic heterocycles. The first-order valence-corrected chi connectivity index (χ1v) is 8.28. The highest BCUT2D eigenvalue weighted by molar-refractivity contribution is 5.94. The lowest BCUT2D eigenvalue weighted by molar-refractivity contribution is 0.0724. The zero-order valence-electron chi connectivity index (χ0n) is 13.9. The van der Waals surface area contributed by atoms with Crippen molar-refractivity contribution in [2.45, 2.75) is 25.8 Å². The third kappa shape index (κ3) is 3.82. The number of hydrogen-bond donors (Lipinski definition) is 1. The number of hydrogen-bond acceptors (Lipinski definition) is 3. The number of benzene rings is 1. The summed E-state index contributed by atoms with van der Waals surface area (Å²) in [6.07, 6.45) is 6.60. The van der Waals surface area contributed by atoms with Crippen LogP contribution in [0.1, 0.15) is 45.5 Å². The number of carbonyl (C=O) groups is 2. The Hall–Kier alpha value is -2.63. The summed E-state index contributed by atoms with van der Waals surface area (Å²) in [5.74, 6) is -0.0581. The number of carbonyl (C=O) groups excluding carboxylic acids is 2. The summed E-state index contributed by atoms with van der Waals surface area (Å²) < 4.78 is 1.59. The van der Waals surface area contributed by atoms with Crippen LogP contribution >= 0.6 is 0 Å². The molecule has 0 aliphatic carbocycles. The van der Waals surface area contributed by atoms with Gasteiger partial charge in [0.05, 0.1) is 11.8 Å². The summed E-state index contributed by atoms with van der Waals surface area (Å²) in [7, 11) is 1.77. The zero-order chi connectivity index (χ0) is 16.9. The van der Waals surface area contributed by atoms with Gasteiger partial charge in [-0.15, -0.1) is 0 Å². The predicted octanol–water partition coefficient (Wildman–Crippen LogP) is 1.98. The molecule has 24 heavy (non-hydrogen) atoms. The Kier molecular flexibility index (Phi) is 4.93. The topological polar surface area (TPSA) is 67.2 Å². The van der Waals surface area contributed by atoms with Gasteiger partial charge in [-0.2, -0.15) is 5.10 Å². The fourth-order valence-corrected chi connectivity index (χ4v) is 2.87. The molecule has 0 radical (unpaired) electrons. The summed E-state index contributed by atoms with van der Waals surface area (Å²) in [6.45, 7) is 2.12. The minimum absolute atomic E-state index is 0.0978. The second-order valence-electron chi connectivity index (χ2n) is 6.14. The zero-order valence-corrected chi connectivity index (χ0v) is 13.9. The molecule has 0 bridgehead atoms. The summed E-state index contributed by atoms with van der Waals surface area (Å²) in [5.41, 5.74) is 2.20. The predicted molar refractivity (Wildman–Crippen MR) is 90.6 cm³/mol. The van der Waals surface area contributed by atoms with Crippen LogP contribution in [0.15, 0.2) is 36.7 Å². The van der Waals surface area contributed by atoms with Crippen LogP contribution in [-0.4, -0.2) is 39.6 Å². The second-order valence-corrected chi connectivity index (χ2v) is 6.14. The van der Waals surface area contributed by atoms with Crippen molar-refractivity contribution < 1.29 is 9.59 Å². The van der Waals surface area contributed by atoms with E-state index in [9.17, 15) is 9.59 Å². The number of rotatable bonds is 4. The number of likely N-dealkylation sites (tertiary alicyclic amines) is 1. The maximum atomic E-state index is 12.4. The highest BCUT2D eigenvalue weighted by Crippen LogP contribution is 2.14. The van der Waals surface area contributed by atoms with Crippen molar-refractivity contribution in [1.82, 2.24) is 20.0 Å². The molecule has 2 heterocycles. The molecule has 6 heteroatoms. The Morgan fingerprint density at radius 1 is 1.08 bits per heavy atom. The van der Waals surface area contributed by atoms with Crippen molar-refractivity contribution in [2.75, 3.05) is 13.1 Å². The Morgan fingerprint density at radius 3 is 2.42 bits per heavy atom. The van der Waals surface area contributed by atoms with Crippen LogP contribution in [0.25, 0.3) is 0 Å². The van der Waals surface area contributed by atoms with Crippen LogP contribution < -0.4 is 5.32 Å². The van der Waals surface area contributed by atoms with E-state index in [1.807, 2.05) is 29.2 Å². The van der Waals surface area contributed by atoms with E-state index in [2.05, 4.69) is 10.4 Å². The van der Waals surface area contributed by atoms with Crippen LogP contribution in [-0.2, 0) is 13.6 Å². The molecule has 1 N–H and O–H groups in total. The first kappa shape index (κ1) is 16.2. The molecule has 1 saturated heterocycles.